The Bertz CT molecular complexity index is 387. The third-order valence-electron chi connectivity index (χ3n) is 2.66. The van der Waals surface area contributed by atoms with E-state index >= 15 is 0 Å². The fraction of sp³-hybridized carbons (Fsp3) is 0.533. The molecule has 2 N–H and O–H groups in total. The molecule has 2 atom stereocenters. The average molecular weight is 265 g/mol. The van der Waals surface area contributed by atoms with Gasteiger partial charge in [0.1, 0.15) is 5.75 Å². The van der Waals surface area contributed by atoms with Crippen LogP contribution < -0.4 is 10.1 Å². The van der Waals surface area contributed by atoms with Crippen LogP contribution in [0.4, 0.5) is 0 Å². The van der Waals surface area contributed by atoms with Crippen LogP contribution in [0.3, 0.4) is 0 Å². The summed E-state index contributed by atoms with van der Waals surface area (Å²) in [6.45, 7) is 6.31. The molecule has 0 saturated carbocycles. The van der Waals surface area contributed by atoms with Crippen LogP contribution in [0.15, 0.2) is 24.3 Å². The SMILES string of the molecule is CCCOc1ccc(C(=O)NC(C)CC(C)O)cc1. The van der Waals surface area contributed by atoms with Gasteiger partial charge in [0.15, 0.2) is 0 Å². The Morgan fingerprint density at radius 3 is 2.47 bits per heavy atom. The number of carbonyl (C=O) groups is 1. The van der Waals surface area contributed by atoms with Crippen molar-refractivity contribution in [1.29, 1.82) is 0 Å². The molecule has 0 aromatic heterocycles. The van der Waals surface area contributed by atoms with Gasteiger partial charge >= 0.3 is 0 Å². The number of hydrogen-bond donors (Lipinski definition) is 2. The molecule has 0 aliphatic heterocycles. The lowest BCUT2D eigenvalue weighted by atomic mass is 10.1. The van der Waals surface area contributed by atoms with Crippen molar-refractivity contribution < 1.29 is 14.6 Å². The highest BCUT2D eigenvalue weighted by atomic mass is 16.5. The van der Waals surface area contributed by atoms with Crippen LogP contribution in [0, 0.1) is 0 Å². The Morgan fingerprint density at radius 1 is 1.32 bits per heavy atom. The third-order valence-corrected chi connectivity index (χ3v) is 2.66. The van der Waals surface area contributed by atoms with Gasteiger partial charge in [0.25, 0.3) is 5.91 Å². The second-order valence-electron chi connectivity index (χ2n) is 4.83. The van der Waals surface area contributed by atoms with Crippen molar-refractivity contribution in [2.24, 2.45) is 0 Å². The summed E-state index contributed by atoms with van der Waals surface area (Å²) in [4.78, 5) is 11.9. The zero-order valence-corrected chi connectivity index (χ0v) is 11.8. The fourth-order valence-corrected chi connectivity index (χ4v) is 1.80. The van der Waals surface area contributed by atoms with Gasteiger partial charge in [-0.05, 0) is 51.0 Å². The van der Waals surface area contributed by atoms with Crippen LogP contribution in [0.25, 0.3) is 0 Å². The molecular weight excluding hydrogens is 242 g/mol. The van der Waals surface area contributed by atoms with Crippen LogP contribution >= 0.6 is 0 Å². The number of aliphatic hydroxyl groups is 1. The van der Waals surface area contributed by atoms with Gasteiger partial charge in [-0.3, -0.25) is 4.79 Å². The molecule has 4 nitrogen and oxygen atoms in total. The first kappa shape index (κ1) is 15.5. The van der Waals surface area contributed by atoms with Gasteiger partial charge in [0.2, 0.25) is 0 Å². The summed E-state index contributed by atoms with van der Waals surface area (Å²) in [6.07, 6.45) is 1.09. The molecule has 0 aliphatic carbocycles. The van der Waals surface area contributed by atoms with E-state index < -0.39 is 6.10 Å². The molecule has 4 heteroatoms. The quantitative estimate of drug-likeness (QED) is 0.795. The predicted octanol–water partition coefficient (Wildman–Crippen LogP) is 2.36. The van der Waals surface area contributed by atoms with Crippen molar-refractivity contribution >= 4 is 5.91 Å². The van der Waals surface area contributed by atoms with Crippen LogP contribution in [0.1, 0.15) is 44.0 Å². The fourth-order valence-electron chi connectivity index (χ4n) is 1.80. The zero-order valence-electron chi connectivity index (χ0n) is 11.8. The molecule has 1 aromatic rings. The van der Waals surface area contributed by atoms with Crippen molar-refractivity contribution in [3.8, 4) is 5.75 Å². The summed E-state index contributed by atoms with van der Waals surface area (Å²) >= 11 is 0. The Balaban J connectivity index is 2.53. The van der Waals surface area contributed by atoms with Gasteiger partial charge in [-0.15, -0.1) is 0 Å². The lowest BCUT2D eigenvalue weighted by molar-refractivity contribution is 0.0923. The number of carbonyl (C=O) groups excluding carboxylic acids is 1. The highest BCUT2D eigenvalue weighted by Crippen LogP contribution is 2.12. The summed E-state index contributed by atoms with van der Waals surface area (Å²) in [7, 11) is 0. The Labute approximate surface area is 114 Å². The predicted molar refractivity (Wildman–Crippen MR) is 75.5 cm³/mol. The number of amides is 1. The summed E-state index contributed by atoms with van der Waals surface area (Å²) in [5, 5.41) is 12.1. The van der Waals surface area contributed by atoms with Crippen LogP contribution in [-0.4, -0.2) is 29.8 Å². The van der Waals surface area contributed by atoms with Crippen molar-refractivity contribution in [3.05, 3.63) is 29.8 Å². The molecule has 0 bridgehead atoms. The van der Waals surface area contributed by atoms with E-state index in [0.717, 1.165) is 12.2 Å². The second kappa shape index (κ2) is 7.79. The summed E-state index contributed by atoms with van der Waals surface area (Å²) in [6, 6.07) is 7.03. The molecule has 0 heterocycles. The maximum atomic E-state index is 11.9. The normalized spacial score (nSPS) is 13.7. The molecule has 1 aromatic carbocycles. The molecule has 19 heavy (non-hydrogen) atoms. The lowest BCUT2D eigenvalue weighted by Crippen LogP contribution is -2.34. The minimum Gasteiger partial charge on any atom is -0.494 e. The molecule has 1 rings (SSSR count). The van der Waals surface area contributed by atoms with E-state index in [1.165, 1.54) is 0 Å². The summed E-state index contributed by atoms with van der Waals surface area (Å²) in [5.74, 6) is 0.644. The van der Waals surface area contributed by atoms with Crippen molar-refractivity contribution in [2.45, 2.75) is 45.8 Å². The molecule has 1 amide bonds. The van der Waals surface area contributed by atoms with E-state index in [1.807, 2.05) is 13.8 Å². The highest BCUT2D eigenvalue weighted by Gasteiger charge is 2.11. The van der Waals surface area contributed by atoms with Gasteiger partial charge in [0, 0.05) is 11.6 Å². The van der Waals surface area contributed by atoms with E-state index in [4.69, 9.17) is 4.74 Å². The van der Waals surface area contributed by atoms with E-state index in [0.29, 0.717) is 18.6 Å². The third kappa shape index (κ3) is 5.75. The van der Waals surface area contributed by atoms with E-state index in [2.05, 4.69) is 5.32 Å². The van der Waals surface area contributed by atoms with Crippen LogP contribution in [-0.2, 0) is 0 Å². The van der Waals surface area contributed by atoms with Gasteiger partial charge in [0.05, 0.1) is 12.7 Å². The summed E-state index contributed by atoms with van der Waals surface area (Å²) < 4.78 is 5.46. The van der Waals surface area contributed by atoms with Gasteiger partial charge in [-0.2, -0.15) is 0 Å². The van der Waals surface area contributed by atoms with Gasteiger partial charge in [-0.25, -0.2) is 0 Å². The first-order valence-corrected chi connectivity index (χ1v) is 6.74. The zero-order chi connectivity index (χ0) is 14.3. The van der Waals surface area contributed by atoms with E-state index in [1.54, 1.807) is 31.2 Å². The first-order valence-electron chi connectivity index (χ1n) is 6.74. The molecule has 0 saturated heterocycles. The second-order valence-corrected chi connectivity index (χ2v) is 4.83. The Hall–Kier alpha value is -1.55. The topological polar surface area (TPSA) is 58.6 Å². The minimum atomic E-state index is -0.417. The first-order chi connectivity index (χ1) is 9.02. The number of hydrogen-bond acceptors (Lipinski definition) is 3. The average Bonchev–Trinajstić information content (AvgIpc) is 2.35. The van der Waals surface area contributed by atoms with Crippen molar-refractivity contribution in [3.63, 3.8) is 0 Å². The number of ether oxygens (including phenoxy) is 1. The van der Waals surface area contributed by atoms with Gasteiger partial charge < -0.3 is 15.2 Å². The number of rotatable bonds is 7. The van der Waals surface area contributed by atoms with Gasteiger partial charge in [-0.1, -0.05) is 6.92 Å². The van der Waals surface area contributed by atoms with E-state index in [-0.39, 0.29) is 11.9 Å². The van der Waals surface area contributed by atoms with Crippen LogP contribution in [0.5, 0.6) is 5.75 Å². The van der Waals surface area contributed by atoms with E-state index in [9.17, 15) is 9.90 Å². The monoisotopic (exact) mass is 265 g/mol. The van der Waals surface area contributed by atoms with Crippen LogP contribution in [0.2, 0.25) is 0 Å². The Morgan fingerprint density at radius 2 is 1.95 bits per heavy atom. The highest BCUT2D eigenvalue weighted by molar-refractivity contribution is 5.94. The van der Waals surface area contributed by atoms with Crippen molar-refractivity contribution in [1.82, 2.24) is 5.32 Å². The van der Waals surface area contributed by atoms with Crippen molar-refractivity contribution in [2.75, 3.05) is 6.61 Å². The standard InChI is InChI=1S/C15H23NO3/c1-4-9-19-14-7-5-13(6-8-14)15(18)16-11(2)10-12(3)17/h5-8,11-12,17H,4,9-10H2,1-3H3,(H,16,18). The lowest BCUT2D eigenvalue weighted by Gasteiger charge is -2.15. The molecule has 0 aliphatic rings. The Kier molecular flexibility index (Phi) is 6.36. The minimum absolute atomic E-state index is 0.0523. The largest absolute Gasteiger partial charge is 0.494 e. The number of aliphatic hydroxyl groups excluding tert-OH is 1. The smallest absolute Gasteiger partial charge is 0.251 e. The summed E-state index contributed by atoms with van der Waals surface area (Å²) in [5.41, 5.74) is 0.598. The number of nitrogens with one attached hydrogen (secondary N) is 1. The maximum absolute atomic E-state index is 11.9. The maximum Gasteiger partial charge on any atom is 0.251 e. The number of benzene rings is 1. The molecule has 0 spiro atoms. The molecule has 2 unspecified atom stereocenters. The molecular formula is C15H23NO3. The molecule has 0 radical (unpaired) electrons. The molecule has 0 fully saturated rings. The molecule has 106 valence electrons.